The van der Waals surface area contributed by atoms with Gasteiger partial charge in [0.05, 0.1) is 11.9 Å². The van der Waals surface area contributed by atoms with Crippen molar-refractivity contribution in [2.45, 2.75) is 0 Å². The first kappa shape index (κ1) is 19.2. The van der Waals surface area contributed by atoms with Crippen LogP contribution in [0.3, 0.4) is 0 Å². The largest absolute Gasteiger partial charge is 0.545 e. The molecule has 0 saturated heterocycles. The van der Waals surface area contributed by atoms with Crippen molar-refractivity contribution in [3.63, 3.8) is 0 Å². The summed E-state index contributed by atoms with van der Waals surface area (Å²) in [6.07, 6.45) is 0. The Morgan fingerprint density at radius 3 is 0.767 bits per heavy atom. The van der Waals surface area contributed by atoms with E-state index in [0.717, 1.165) is 24.3 Å². The molecule has 0 fully saturated rings. The van der Waals surface area contributed by atoms with Gasteiger partial charge < -0.3 is 19.8 Å². The van der Waals surface area contributed by atoms with Crippen LogP contribution < -0.4 is 10.2 Å². The molecule has 5 aromatic rings. The van der Waals surface area contributed by atoms with Crippen LogP contribution in [0.5, 0.6) is 0 Å². The van der Waals surface area contributed by atoms with Gasteiger partial charge in [-0.2, -0.15) is 0 Å². The highest BCUT2D eigenvalue weighted by Gasteiger charge is 2.06. The lowest BCUT2D eigenvalue weighted by Gasteiger charge is -2.09. The Balaban J connectivity index is 0.000000159. The Bertz CT molecular complexity index is 1130. The van der Waals surface area contributed by atoms with Crippen LogP contribution in [-0.4, -0.2) is 11.9 Å². The fourth-order valence-corrected chi connectivity index (χ4v) is 3.60. The van der Waals surface area contributed by atoms with Crippen LogP contribution in [0.15, 0.2) is 97.1 Å². The van der Waals surface area contributed by atoms with Crippen molar-refractivity contribution in [3.8, 4) is 0 Å². The lowest BCUT2D eigenvalue weighted by Crippen LogP contribution is -2.24. The van der Waals surface area contributed by atoms with Crippen LogP contribution in [0.4, 0.5) is 0 Å². The first-order valence-corrected chi connectivity index (χ1v) is 9.37. The number of benzene rings is 5. The Hall–Kier alpha value is -4.18. The predicted octanol–water partition coefficient (Wildman–Crippen LogP) is 3.56. The molecule has 0 aliphatic rings. The van der Waals surface area contributed by atoms with E-state index in [1.54, 1.807) is 0 Å². The number of carboxylic acids is 2. The number of aromatic carboxylic acids is 2. The van der Waals surface area contributed by atoms with E-state index in [1.807, 2.05) is 0 Å². The first-order chi connectivity index (χ1) is 14.6. The Morgan fingerprint density at radius 2 is 0.600 bits per heavy atom. The highest BCUT2D eigenvalue weighted by molar-refractivity contribution is 6.25. The van der Waals surface area contributed by atoms with E-state index in [1.165, 1.54) is 32.3 Å². The maximum Gasteiger partial charge on any atom is 0.0715 e. The van der Waals surface area contributed by atoms with Crippen molar-refractivity contribution in [3.05, 3.63) is 108 Å². The Morgan fingerprint density at radius 1 is 0.400 bits per heavy atom. The lowest BCUT2D eigenvalue weighted by molar-refractivity contribution is -0.256. The summed E-state index contributed by atoms with van der Waals surface area (Å²) < 4.78 is 0. The number of hydrogen-bond donors (Lipinski definition) is 0. The van der Waals surface area contributed by atoms with Crippen molar-refractivity contribution in [2.75, 3.05) is 0 Å². The van der Waals surface area contributed by atoms with Gasteiger partial charge in [0.25, 0.3) is 0 Å². The summed E-state index contributed by atoms with van der Waals surface area (Å²) >= 11 is 0. The summed E-state index contributed by atoms with van der Waals surface area (Å²) in [5.41, 5.74) is -0.111. The molecule has 0 N–H and O–H groups in total. The van der Waals surface area contributed by atoms with E-state index >= 15 is 0 Å². The minimum absolute atomic E-state index is 0.0556. The van der Waals surface area contributed by atoms with Gasteiger partial charge in [-0.25, -0.2) is 0 Å². The zero-order valence-electron chi connectivity index (χ0n) is 15.9. The minimum Gasteiger partial charge on any atom is -0.545 e. The molecule has 4 heteroatoms. The number of carbonyl (C=O) groups excluding carboxylic acids is 2. The van der Waals surface area contributed by atoms with Gasteiger partial charge in [-0.3, -0.25) is 0 Å². The van der Waals surface area contributed by atoms with Crippen LogP contribution >= 0.6 is 0 Å². The highest BCUT2D eigenvalue weighted by Crippen LogP contribution is 2.34. The maximum absolute atomic E-state index is 10.2. The Labute approximate surface area is 172 Å². The second kappa shape index (κ2) is 8.05. The van der Waals surface area contributed by atoms with Crippen LogP contribution in [0.1, 0.15) is 20.7 Å². The maximum atomic E-state index is 10.2. The second-order valence-corrected chi connectivity index (χ2v) is 6.79. The van der Waals surface area contributed by atoms with Crippen molar-refractivity contribution in [1.82, 2.24) is 0 Å². The number of hydrogen-bond acceptors (Lipinski definition) is 4. The zero-order valence-corrected chi connectivity index (χ0v) is 15.9. The SMILES string of the molecule is O=C([O-])c1ccc(C(=O)[O-])cc1.c1ccc2c(c1)c1ccccc1c1ccccc21. The third-order valence-corrected chi connectivity index (χ3v) is 5.01. The topological polar surface area (TPSA) is 80.3 Å². The predicted molar refractivity (Wildman–Crippen MR) is 114 cm³/mol. The quantitative estimate of drug-likeness (QED) is 0.430. The van der Waals surface area contributed by atoms with Crippen molar-refractivity contribution < 1.29 is 19.8 Å². The molecule has 0 radical (unpaired) electrons. The minimum atomic E-state index is -1.33. The van der Waals surface area contributed by atoms with E-state index in [0.29, 0.717) is 0 Å². The fourth-order valence-electron chi connectivity index (χ4n) is 3.60. The van der Waals surface area contributed by atoms with Crippen molar-refractivity contribution >= 4 is 44.3 Å². The molecule has 5 rings (SSSR count). The average Bonchev–Trinajstić information content (AvgIpc) is 2.80. The summed E-state index contributed by atoms with van der Waals surface area (Å²) in [7, 11) is 0. The Kier molecular flexibility index (Phi) is 5.14. The summed E-state index contributed by atoms with van der Waals surface area (Å²) in [6, 6.07) is 30.6. The zero-order chi connectivity index (χ0) is 21.1. The number of carboxylic acid groups (broad SMARTS) is 2. The fraction of sp³-hybridized carbons (Fsp3) is 0. The summed E-state index contributed by atoms with van der Waals surface area (Å²) in [5, 5.41) is 28.5. The third-order valence-electron chi connectivity index (χ3n) is 5.01. The van der Waals surface area contributed by atoms with Gasteiger partial charge in [-0.05, 0) is 43.4 Å². The average molecular weight is 392 g/mol. The van der Waals surface area contributed by atoms with E-state index < -0.39 is 11.9 Å². The standard InChI is InChI=1S/C18H12.C8H6O4/c1-2-8-14-13(7-1)15-9-3-4-11-17(15)18-12-6-5-10-16(14)18;9-7(10)5-1-2-6(4-3-5)8(11)12/h1-12H;1-4H,(H,9,10)(H,11,12)/p-2. The van der Waals surface area contributed by atoms with Gasteiger partial charge in [0.2, 0.25) is 0 Å². The second-order valence-electron chi connectivity index (χ2n) is 6.79. The molecular formula is C26H16O4-2. The molecule has 0 unspecified atom stereocenters. The molecule has 0 aliphatic heterocycles. The monoisotopic (exact) mass is 392 g/mol. The van der Waals surface area contributed by atoms with E-state index in [-0.39, 0.29) is 11.1 Å². The van der Waals surface area contributed by atoms with Gasteiger partial charge in [-0.15, -0.1) is 0 Å². The van der Waals surface area contributed by atoms with Gasteiger partial charge in [0, 0.05) is 0 Å². The number of carbonyl (C=O) groups is 2. The first-order valence-electron chi connectivity index (χ1n) is 9.37. The molecule has 5 aromatic carbocycles. The molecule has 0 aliphatic carbocycles. The van der Waals surface area contributed by atoms with E-state index in [2.05, 4.69) is 72.8 Å². The molecule has 0 spiro atoms. The normalized spacial score (nSPS) is 10.5. The highest BCUT2D eigenvalue weighted by atomic mass is 16.4. The smallest absolute Gasteiger partial charge is 0.0715 e. The lowest BCUT2D eigenvalue weighted by atomic mass is 9.95. The third kappa shape index (κ3) is 3.59. The molecular weight excluding hydrogens is 376 g/mol. The van der Waals surface area contributed by atoms with Gasteiger partial charge in [0.1, 0.15) is 0 Å². The van der Waals surface area contributed by atoms with Crippen LogP contribution in [0.2, 0.25) is 0 Å². The number of fused-ring (bicyclic) bond motifs is 6. The molecule has 0 amide bonds. The summed E-state index contributed by atoms with van der Waals surface area (Å²) in [4.78, 5) is 20.4. The van der Waals surface area contributed by atoms with Crippen LogP contribution in [0, 0.1) is 0 Å². The molecule has 0 aromatic heterocycles. The molecule has 0 atom stereocenters. The van der Waals surface area contributed by atoms with Crippen LogP contribution in [0.25, 0.3) is 32.3 Å². The molecule has 0 heterocycles. The van der Waals surface area contributed by atoms with Gasteiger partial charge >= 0.3 is 0 Å². The van der Waals surface area contributed by atoms with E-state index in [4.69, 9.17) is 0 Å². The molecule has 146 valence electrons. The summed E-state index contributed by atoms with van der Waals surface area (Å²) in [5.74, 6) is -2.67. The number of rotatable bonds is 2. The summed E-state index contributed by atoms with van der Waals surface area (Å²) in [6.45, 7) is 0. The van der Waals surface area contributed by atoms with E-state index in [9.17, 15) is 19.8 Å². The van der Waals surface area contributed by atoms with Gasteiger partial charge in [-0.1, -0.05) is 97.1 Å². The molecule has 30 heavy (non-hydrogen) atoms. The van der Waals surface area contributed by atoms with Crippen molar-refractivity contribution in [2.24, 2.45) is 0 Å². The van der Waals surface area contributed by atoms with Crippen LogP contribution in [-0.2, 0) is 0 Å². The molecule has 4 nitrogen and oxygen atoms in total. The van der Waals surface area contributed by atoms with Crippen molar-refractivity contribution in [1.29, 1.82) is 0 Å². The molecule has 0 bridgehead atoms. The van der Waals surface area contributed by atoms with Gasteiger partial charge in [0.15, 0.2) is 0 Å². The molecule has 0 saturated carbocycles.